The molecule has 0 saturated carbocycles. The number of aliphatic carboxylic acids is 1. The SMILES string of the molecule is CCCCCCCCc1ccc(N(C(=O)N[C@@H](CN)CC(=O)O)c2ccccc2)cc1. The summed E-state index contributed by atoms with van der Waals surface area (Å²) in [6.45, 7) is 2.28. The Balaban J connectivity index is 2.08. The van der Waals surface area contributed by atoms with Gasteiger partial charge in [0, 0.05) is 6.54 Å². The van der Waals surface area contributed by atoms with Crippen LogP contribution in [0, 0.1) is 0 Å². The lowest BCUT2D eigenvalue weighted by Gasteiger charge is -2.26. The molecule has 31 heavy (non-hydrogen) atoms. The highest BCUT2D eigenvalue weighted by Gasteiger charge is 2.22. The van der Waals surface area contributed by atoms with E-state index in [1.54, 1.807) is 4.90 Å². The topological polar surface area (TPSA) is 95.7 Å². The van der Waals surface area contributed by atoms with Gasteiger partial charge in [0.25, 0.3) is 0 Å². The lowest BCUT2D eigenvalue weighted by Crippen LogP contribution is -2.47. The third-order valence-electron chi connectivity index (χ3n) is 5.26. The number of hydrogen-bond donors (Lipinski definition) is 3. The van der Waals surface area contributed by atoms with Gasteiger partial charge >= 0.3 is 12.0 Å². The van der Waals surface area contributed by atoms with E-state index in [0.717, 1.165) is 12.1 Å². The first-order chi connectivity index (χ1) is 15.0. The van der Waals surface area contributed by atoms with Gasteiger partial charge in [-0.15, -0.1) is 0 Å². The fraction of sp³-hybridized carbons (Fsp3) is 0.440. The van der Waals surface area contributed by atoms with Crippen molar-refractivity contribution in [2.45, 2.75) is 64.3 Å². The predicted molar refractivity (Wildman–Crippen MR) is 126 cm³/mol. The normalized spacial score (nSPS) is 11.7. The van der Waals surface area contributed by atoms with Gasteiger partial charge in [0.1, 0.15) is 0 Å². The second-order valence-electron chi connectivity index (χ2n) is 7.84. The van der Waals surface area contributed by atoms with Crippen LogP contribution in [0.25, 0.3) is 0 Å². The lowest BCUT2D eigenvalue weighted by atomic mass is 10.0. The van der Waals surface area contributed by atoms with Crippen molar-refractivity contribution in [1.82, 2.24) is 5.32 Å². The summed E-state index contributed by atoms with van der Waals surface area (Å²) < 4.78 is 0. The highest BCUT2D eigenvalue weighted by atomic mass is 16.4. The third-order valence-corrected chi connectivity index (χ3v) is 5.26. The Bertz CT molecular complexity index is 793. The van der Waals surface area contributed by atoms with Gasteiger partial charge < -0.3 is 16.2 Å². The van der Waals surface area contributed by atoms with Gasteiger partial charge in [-0.25, -0.2) is 4.79 Å². The molecule has 1 atom stereocenters. The van der Waals surface area contributed by atoms with Gasteiger partial charge in [0.2, 0.25) is 0 Å². The minimum Gasteiger partial charge on any atom is -0.481 e. The van der Waals surface area contributed by atoms with Crippen molar-refractivity contribution >= 4 is 23.4 Å². The summed E-state index contributed by atoms with van der Waals surface area (Å²) in [5.74, 6) is -0.999. The van der Waals surface area contributed by atoms with Crippen molar-refractivity contribution in [3.05, 3.63) is 60.2 Å². The number of unbranched alkanes of at least 4 members (excludes halogenated alkanes) is 5. The van der Waals surface area contributed by atoms with Crippen LogP contribution < -0.4 is 16.0 Å². The first kappa shape index (κ1) is 24.4. The van der Waals surface area contributed by atoms with Crippen LogP contribution in [-0.2, 0) is 11.2 Å². The Morgan fingerprint density at radius 3 is 2.16 bits per heavy atom. The maximum atomic E-state index is 13.0. The van der Waals surface area contributed by atoms with Crippen LogP contribution in [0.3, 0.4) is 0 Å². The molecule has 0 fully saturated rings. The van der Waals surface area contributed by atoms with E-state index in [1.807, 2.05) is 42.5 Å². The number of hydrogen-bond acceptors (Lipinski definition) is 3. The van der Waals surface area contributed by atoms with E-state index in [0.29, 0.717) is 5.69 Å². The highest BCUT2D eigenvalue weighted by molar-refractivity contribution is 5.99. The number of nitrogens with one attached hydrogen (secondary N) is 1. The Hall–Kier alpha value is -2.86. The van der Waals surface area contributed by atoms with Crippen molar-refractivity contribution in [3.63, 3.8) is 0 Å². The molecular weight excluding hydrogens is 390 g/mol. The Morgan fingerprint density at radius 2 is 1.55 bits per heavy atom. The van der Waals surface area contributed by atoms with Crippen LogP contribution in [-0.4, -0.2) is 29.7 Å². The molecule has 4 N–H and O–H groups in total. The van der Waals surface area contributed by atoms with Crippen LogP contribution in [0.4, 0.5) is 16.2 Å². The van der Waals surface area contributed by atoms with E-state index < -0.39 is 18.0 Å². The third kappa shape index (κ3) is 8.42. The monoisotopic (exact) mass is 425 g/mol. The van der Waals surface area contributed by atoms with Crippen LogP contribution >= 0.6 is 0 Å². The van der Waals surface area contributed by atoms with Crippen molar-refractivity contribution < 1.29 is 14.7 Å². The molecule has 0 heterocycles. The Kier molecular flexibility index (Phi) is 10.6. The van der Waals surface area contributed by atoms with E-state index >= 15 is 0 Å². The average Bonchev–Trinajstić information content (AvgIpc) is 2.77. The summed E-state index contributed by atoms with van der Waals surface area (Å²) in [5.41, 5.74) is 8.33. The molecule has 2 amide bonds. The Labute approximate surface area is 185 Å². The number of anilines is 2. The number of para-hydroxylation sites is 1. The highest BCUT2D eigenvalue weighted by Crippen LogP contribution is 2.26. The largest absolute Gasteiger partial charge is 0.481 e. The molecule has 0 unspecified atom stereocenters. The number of carboxylic acid groups (broad SMARTS) is 1. The minimum absolute atomic E-state index is 0.0534. The van der Waals surface area contributed by atoms with E-state index in [2.05, 4.69) is 24.4 Å². The molecular formula is C25H35N3O3. The van der Waals surface area contributed by atoms with Crippen LogP contribution in [0.2, 0.25) is 0 Å². The van der Waals surface area contributed by atoms with Crippen molar-refractivity contribution in [2.24, 2.45) is 5.73 Å². The maximum absolute atomic E-state index is 13.0. The van der Waals surface area contributed by atoms with E-state index in [-0.39, 0.29) is 13.0 Å². The van der Waals surface area contributed by atoms with Crippen molar-refractivity contribution in [2.75, 3.05) is 11.4 Å². The molecule has 2 aromatic carbocycles. The predicted octanol–water partition coefficient (Wildman–Crippen LogP) is 5.24. The van der Waals surface area contributed by atoms with Gasteiger partial charge in [-0.1, -0.05) is 69.4 Å². The zero-order valence-corrected chi connectivity index (χ0v) is 18.4. The van der Waals surface area contributed by atoms with Crippen LogP contribution in [0.15, 0.2) is 54.6 Å². The number of urea groups is 1. The molecule has 0 aliphatic heterocycles. The van der Waals surface area contributed by atoms with Gasteiger partial charge in [-0.2, -0.15) is 0 Å². The molecule has 0 radical (unpaired) electrons. The molecule has 0 aromatic heterocycles. The van der Waals surface area contributed by atoms with E-state index in [9.17, 15) is 9.59 Å². The van der Waals surface area contributed by atoms with Crippen LogP contribution in [0.5, 0.6) is 0 Å². The molecule has 168 valence electrons. The lowest BCUT2D eigenvalue weighted by molar-refractivity contribution is -0.137. The molecule has 0 bridgehead atoms. The number of amides is 2. The number of benzene rings is 2. The smallest absolute Gasteiger partial charge is 0.326 e. The van der Waals surface area contributed by atoms with E-state index in [1.165, 1.54) is 44.1 Å². The van der Waals surface area contributed by atoms with Crippen molar-refractivity contribution in [3.8, 4) is 0 Å². The number of carbonyl (C=O) groups is 2. The molecule has 0 aliphatic carbocycles. The second kappa shape index (κ2) is 13.4. The number of carbonyl (C=O) groups excluding carboxylic acids is 1. The summed E-state index contributed by atoms with van der Waals surface area (Å²) in [5, 5.41) is 11.8. The second-order valence-corrected chi connectivity index (χ2v) is 7.84. The summed E-state index contributed by atoms with van der Waals surface area (Å²) in [7, 11) is 0. The number of nitrogens with zero attached hydrogens (tertiary/aromatic N) is 1. The molecule has 2 rings (SSSR count). The van der Waals surface area contributed by atoms with Gasteiger partial charge in [0.15, 0.2) is 0 Å². The van der Waals surface area contributed by atoms with Crippen LogP contribution in [0.1, 0.15) is 57.4 Å². The quantitative estimate of drug-likeness (QED) is 0.382. The maximum Gasteiger partial charge on any atom is 0.326 e. The van der Waals surface area contributed by atoms with Crippen molar-refractivity contribution in [1.29, 1.82) is 0 Å². The molecule has 0 spiro atoms. The molecule has 2 aromatic rings. The fourth-order valence-electron chi connectivity index (χ4n) is 3.53. The average molecular weight is 426 g/mol. The minimum atomic E-state index is -0.999. The summed E-state index contributed by atoms with van der Waals surface area (Å²) in [6.07, 6.45) is 8.37. The Morgan fingerprint density at radius 1 is 0.935 bits per heavy atom. The molecule has 0 aliphatic rings. The summed E-state index contributed by atoms with van der Waals surface area (Å²) in [6, 6.07) is 16.3. The first-order valence-corrected chi connectivity index (χ1v) is 11.2. The number of nitrogens with two attached hydrogens (primary N) is 1. The standard InChI is InChI=1S/C25H35N3O3/c1-2-3-4-5-6-8-11-20-14-16-23(17-15-20)28(22-12-9-7-10-13-22)25(31)27-21(19-26)18-24(29)30/h7,9-10,12-17,21H,2-6,8,11,18-19,26H2,1H3,(H,27,31)(H,29,30)/t21-/m1/s1. The molecule has 0 saturated heterocycles. The summed E-state index contributed by atoms with van der Waals surface area (Å²) in [4.78, 5) is 25.6. The fourth-order valence-corrected chi connectivity index (χ4v) is 3.53. The zero-order valence-electron chi connectivity index (χ0n) is 18.4. The number of rotatable bonds is 13. The van der Waals surface area contributed by atoms with Gasteiger partial charge in [0.05, 0.1) is 23.8 Å². The van der Waals surface area contributed by atoms with Gasteiger partial charge in [-0.05, 0) is 42.7 Å². The first-order valence-electron chi connectivity index (χ1n) is 11.2. The molecule has 6 heteroatoms. The number of aryl methyl sites for hydroxylation is 1. The molecule has 6 nitrogen and oxygen atoms in total. The number of carboxylic acids is 1. The van der Waals surface area contributed by atoms with Gasteiger partial charge in [-0.3, -0.25) is 9.69 Å². The summed E-state index contributed by atoms with van der Waals surface area (Å²) >= 11 is 0. The zero-order chi connectivity index (χ0) is 22.5. The van der Waals surface area contributed by atoms with E-state index in [4.69, 9.17) is 10.8 Å².